The molecule has 5 heteroatoms. The van der Waals surface area contributed by atoms with E-state index in [0.29, 0.717) is 13.0 Å². The number of thiophene rings is 1. The minimum Gasteiger partial charge on any atom is -0.330 e. The molecule has 0 aliphatic carbocycles. The standard InChI is InChI=1S/C11H14N4S/c1-15(11-3-2-8-16-11)10-5-7-13-9(14-10)4-6-12/h2-3,5,7-8H,4,6,12H2,1H3. The second-order valence-electron chi connectivity index (χ2n) is 3.38. The molecule has 2 aromatic rings. The molecule has 0 aliphatic heterocycles. The summed E-state index contributed by atoms with van der Waals surface area (Å²) in [7, 11) is 2.00. The topological polar surface area (TPSA) is 55.0 Å². The van der Waals surface area contributed by atoms with Crippen LogP contribution in [0.1, 0.15) is 5.82 Å². The van der Waals surface area contributed by atoms with Gasteiger partial charge < -0.3 is 10.6 Å². The highest BCUT2D eigenvalue weighted by atomic mass is 32.1. The van der Waals surface area contributed by atoms with Crippen molar-refractivity contribution >= 4 is 22.2 Å². The lowest BCUT2D eigenvalue weighted by atomic mass is 10.4. The van der Waals surface area contributed by atoms with E-state index in [0.717, 1.165) is 16.6 Å². The average molecular weight is 234 g/mol. The van der Waals surface area contributed by atoms with Gasteiger partial charge in [0.25, 0.3) is 0 Å². The Morgan fingerprint density at radius 2 is 2.31 bits per heavy atom. The van der Waals surface area contributed by atoms with Crippen molar-refractivity contribution in [3.63, 3.8) is 0 Å². The number of aromatic nitrogens is 2. The molecule has 4 nitrogen and oxygen atoms in total. The van der Waals surface area contributed by atoms with E-state index >= 15 is 0 Å². The molecule has 0 atom stereocenters. The van der Waals surface area contributed by atoms with Gasteiger partial charge >= 0.3 is 0 Å². The van der Waals surface area contributed by atoms with E-state index in [9.17, 15) is 0 Å². The van der Waals surface area contributed by atoms with Gasteiger partial charge in [0.2, 0.25) is 0 Å². The molecule has 0 aromatic carbocycles. The Hall–Kier alpha value is -1.46. The summed E-state index contributed by atoms with van der Waals surface area (Å²) in [6, 6.07) is 5.99. The number of hydrogen-bond acceptors (Lipinski definition) is 5. The van der Waals surface area contributed by atoms with E-state index in [-0.39, 0.29) is 0 Å². The summed E-state index contributed by atoms with van der Waals surface area (Å²) in [5.41, 5.74) is 5.49. The van der Waals surface area contributed by atoms with Crippen molar-refractivity contribution in [2.75, 3.05) is 18.5 Å². The molecule has 0 unspecified atom stereocenters. The maximum atomic E-state index is 5.49. The molecular weight excluding hydrogens is 220 g/mol. The third-order valence-electron chi connectivity index (χ3n) is 2.24. The van der Waals surface area contributed by atoms with Crippen molar-refractivity contribution in [2.45, 2.75) is 6.42 Å². The van der Waals surface area contributed by atoms with Crippen LogP contribution < -0.4 is 10.6 Å². The molecule has 0 saturated heterocycles. The van der Waals surface area contributed by atoms with Gasteiger partial charge in [-0.15, -0.1) is 11.3 Å². The van der Waals surface area contributed by atoms with Crippen molar-refractivity contribution in [1.82, 2.24) is 9.97 Å². The normalized spacial score (nSPS) is 10.4. The van der Waals surface area contributed by atoms with Crippen LogP contribution in [0, 0.1) is 0 Å². The summed E-state index contributed by atoms with van der Waals surface area (Å²) in [5, 5.41) is 3.21. The van der Waals surface area contributed by atoms with Crippen LogP contribution in [-0.4, -0.2) is 23.6 Å². The molecule has 2 rings (SSSR count). The van der Waals surface area contributed by atoms with E-state index in [2.05, 4.69) is 16.0 Å². The molecule has 84 valence electrons. The Kier molecular flexibility index (Phi) is 3.48. The molecule has 2 aromatic heterocycles. The zero-order chi connectivity index (χ0) is 11.4. The first-order valence-corrected chi connectivity index (χ1v) is 5.98. The van der Waals surface area contributed by atoms with Gasteiger partial charge in [-0.2, -0.15) is 0 Å². The van der Waals surface area contributed by atoms with Gasteiger partial charge in [-0.05, 0) is 30.1 Å². The zero-order valence-electron chi connectivity index (χ0n) is 9.13. The second-order valence-corrected chi connectivity index (χ2v) is 4.31. The number of anilines is 2. The number of nitrogens with two attached hydrogens (primary N) is 1. The van der Waals surface area contributed by atoms with Gasteiger partial charge in [0.1, 0.15) is 11.6 Å². The third-order valence-corrected chi connectivity index (χ3v) is 3.18. The fourth-order valence-electron chi connectivity index (χ4n) is 1.40. The summed E-state index contributed by atoms with van der Waals surface area (Å²) in [5.74, 6) is 1.70. The van der Waals surface area contributed by atoms with Gasteiger partial charge in [-0.25, -0.2) is 9.97 Å². The quantitative estimate of drug-likeness (QED) is 0.876. The minimum absolute atomic E-state index is 0.576. The molecular formula is C11H14N4S. The van der Waals surface area contributed by atoms with E-state index in [4.69, 9.17) is 5.73 Å². The molecule has 0 bridgehead atoms. The third kappa shape index (κ3) is 2.37. The summed E-state index contributed by atoms with van der Waals surface area (Å²) < 4.78 is 0. The van der Waals surface area contributed by atoms with Gasteiger partial charge in [0.15, 0.2) is 0 Å². The Labute approximate surface area is 98.8 Å². The highest BCUT2D eigenvalue weighted by Crippen LogP contribution is 2.25. The van der Waals surface area contributed by atoms with Gasteiger partial charge in [0.05, 0.1) is 5.00 Å². The van der Waals surface area contributed by atoms with Crippen LogP contribution in [0.15, 0.2) is 29.8 Å². The maximum absolute atomic E-state index is 5.49. The highest BCUT2D eigenvalue weighted by Gasteiger charge is 2.06. The van der Waals surface area contributed by atoms with Crippen LogP contribution >= 0.6 is 11.3 Å². The Balaban J connectivity index is 2.23. The van der Waals surface area contributed by atoms with Crippen molar-refractivity contribution in [3.05, 3.63) is 35.6 Å². The van der Waals surface area contributed by atoms with Crippen LogP contribution in [-0.2, 0) is 6.42 Å². The maximum Gasteiger partial charge on any atom is 0.137 e. The number of hydrogen-bond donors (Lipinski definition) is 1. The molecule has 0 saturated carbocycles. The van der Waals surface area contributed by atoms with Crippen LogP contribution in [0.4, 0.5) is 10.8 Å². The fraction of sp³-hybridized carbons (Fsp3) is 0.273. The molecule has 2 N–H and O–H groups in total. The van der Waals surface area contributed by atoms with Crippen molar-refractivity contribution in [2.24, 2.45) is 5.73 Å². The Morgan fingerprint density at radius 1 is 1.44 bits per heavy atom. The molecule has 0 aliphatic rings. The van der Waals surface area contributed by atoms with Crippen LogP contribution in [0.25, 0.3) is 0 Å². The van der Waals surface area contributed by atoms with Gasteiger partial charge in [-0.1, -0.05) is 0 Å². The zero-order valence-corrected chi connectivity index (χ0v) is 9.94. The van der Waals surface area contributed by atoms with Crippen LogP contribution in [0.5, 0.6) is 0 Å². The Morgan fingerprint density at radius 3 is 3.00 bits per heavy atom. The molecule has 0 fully saturated rings. The van der Waals surface area contributed by atoms with Crippen molar-refractivity contribution in [3.8, 4) is 0 Å². The molecule has 0 spiro atoms. The van der Waals surface area contributed by atoms with E-state index in [1.807, 2.05) is 29.5 Å². The lowest BCUT2D eigenvalue weighted by molar-refractivity contribution is 0.862. The summed E-state index contributed by atoms with van der Waals surface area (Å²) in [6.07, 6.45) is 2.49. The monoisotopic (exact) mass is 234 g/mol. The minimum atomic E-state index is 0.576. The lowest BCUT2D eigenvalue weighted by Gasteiger charge is -2.16. The molecule has 0 amide bonds. The number of rotatable bonds is 4. The molecule has 0 radical (unpaired) electrons. The van der Waals surface area contributed by atoms with Crippen LogP contribution in [0.3, 0.4) is 0 Å². The summed E-state index contributed by atoms with van der Waals surface area (Å²) in [6.45, 7) is 0.576. The highest BCUT2D eigenvalue weighted by molar-refractivity contribution is 7.14. The lowest BCUT2D eigenvalue weighted by Crippen LogP contribution is -2.13. The predicted octanol–water partition coefficient (Wildman–Crippen LogP) is 1.81. The average Bonchev–Trinajstić information content (AvgIpc) is 2.82. The first-order valence-electron chi connectivity index (χ1n) is 5.10. The fourth-order valence-corrected chi connectivity index (χ4v) is 2.10. The summed E-state index contributed by atoms with van der Waals surface area (Å²) in [4.78, 5) is 10.7. The van der Waals surface area contributed by atoms with Crippen molar-refractivity contribution in [1.29, 1.82) is 0 Å². The summed E-state index contributed by atoms with van der Waals surface area (Å²) >= 11 is 1.69. The van der Waals surface area contributed by atoms with E-state index < -0.39 is 0 Å². The molecule has 2 heterocycles. The van der Waals surface area contributed by atoms with E-state index in [1.54, 1.807) is 17.5 Å². The largest absolute Gasteiger partial charge is 0.330 e. The van der Waals surface area contributed by atoms with E-state index in [1.165, 1.54) is 0 Å². The predicted molar refractivity (Wildman–Crippen MR) is 67.2 cm³/mol. The smallest absolute Gasteiger partial charge is 0.137 e. The van der Waals surface area contributed by atoms with Gasteiger partial charge in [-0.3, -0.25) is 0 Å². The molecule has 16 heavy (non-hydrogen) atoms. The first-order chi connectivity index (χ1) is 7.81. The van der Waals surface area contributed by atoms with Crippen molar-refractivity contribution < 1.29 is 0 Å². The van der Waals surface area contributed by atoms with Gasteiger partial charge in [0, 0.05) is 19.7 Å². The SMILES string of the molecule is CN(c1ccnc(CCN)n1)c1cccs1. The second kappa shape index (κ2) is 5.05. The Bertz CT molecular complexity index is 441. The first kappa shape index (κ1) is 11.0. The van der Waals surface area contributed by atoms with Crippen LogP contribution in [0.2, 0.25) is 0 Å². The number of nitrogens with zero attached hydrogens (tertiary/aromatic N) is 3.